The highest BCUT2D eigenvalue weighted by molar-refractivity contribution is 5.66. The predicted molar refractivity (Wildman–Crippen MR) is 140 cm³/mol. The number of ether oxygens (including phenoxy) is 1. The van der Waals surface area contributed by atoms with Crippen LogP contribution in [-0.2, 0) is 9.53 Å². The summed E-state index contributed by atoms with van der Waals surface area (Å²) in [6.07, 6.45) is 15.6. The first-order chi connectivity index (χ1) is 15.9. The van der Waals surface area contributed by atoms with Crippen LogP contribution in [-0.4, -0.2) is 12.1 Å². The van der Waals surface area contributed by atoms with Crippen LogP contribution >= 0.6 is 0 Å². The quantitative estimate of drug-likeness (QED) is 0.301. The molecule has 5 rings (SSSR count). The molecule has 0 N–H and O–H groups in total. The molecule has 0 spiro atoms. The Kier molecular flexibility index (Phi) is 5.78. The molecular formula is C32H50O2. The molecule has 34 heavy (non-hydrogen) atoms. The van der Waals surface area contributed by atoms with Crippen molar-refractivity contribution >= 4 is 5.97 Å². The number of carbonyl (C=O) groups is 1. The normalized spacial score (nSPS) is 49.4. The highest BCUT2D eigenvalue weighted by Gasteiger charge is 2.68. The van der Waals surface area contributed by atoms with E-state index in [2.05, 4.69) is 54.2 Å². The van der Waals surface area contributed by atoms with E-state index in [-0.39, 0.29) is 17.5 Å². The molecule has 4 fully saturated rings. The largest absolute Gasteiger partial charge is 0.462 e. The molecule has 4 saturated carbocycles. The zero-order valence-corrected chi connectivity index (χ0v) is 23.1. The fourth-order valence-electron chi connectivity index (χ4n) is 11.2. The smallest absolute Gasteiger partial charge is 0.302 e. The van der Waals surface area contributed by atoms with Gasteiger partial charge in [-0.05, 0) is 117 Å². The molecule has 0 aromatic heterocycles. The van der Waals surface area contributed by atoms with Crippen LogP contribution in [0.1, 0.15) is 113 Å². The summed E-state index contributed by atoms with van der Waals surface area (Å²) >= 11 is 0. The van der Waals surface area contributed by atoms with Gasteiger partial charge in [-0.1, -0.05) is 58.4 Å². The Hall–Kier alpha value is -1.05. The maximum atomic E-state index is 11.9. The topological polar surface area (TPSA) is 26.3 Å². The zero-order valence-electron chi connectivity index (χ0n) is 23.1. The molecule has 0 saturated heterocycles. The molecule has 0 radical (unpaired) electrons. The molecule has 0 amide bonds. The maximum absolute atomic E-state index is 11.9. The van der Waals surface area contributed by atoms with Gasteiger partial charge in [-0.25, -0.2) is 0 Å². The molecule has 2 heteroatoms. The third-order valence-corrected chi connectivity index (χ3v) is 12.9. The highest BCUT2D eigenvalue weighted by atomic mass is 16.5. The molecule has 5 aliphatic rings. The third-order valence-electron chi connectivity index (χ3n) is 12.9. The number of rotatable bonds is 2. The summed E-state index contributed by atoms with van der Waals surface area (Å²) in [4.78, 5) is 11.9. The van der Waals surface area contributed by atoms with Crippen LogP contribution in [0.3, 0.4) is 0 Å². The molecule has 9 atom stereocenters. The van der Waals surface area contributed by atoms with Crippen molar-refractivity contribution in [2.45, 2.75) is 119 Å². The average molecular weight is 467 g/mol. The van der Waals surface area contributed by atoms with Gasteiger partial charge in [0.2, 0.25) is 0 Å². The molecule has 0 aliphatic heterocycles. The van der Waals surface area contributed by atoms with Crippen LogP contribution in [0.2, 0.25) is 0 Å². The van der Waals surface area contributed by atoms with Gasteiger partial charge in [0.15, 0.2) is 0 Å². The van der Waals surface area contributed by atoms with E-state index in [1.54, 1.807) is 12.5 Å². The van der Waals surface area contributed by atoms with Gasteiger partial charge in [0.25, 0.3) is 0 Å². The minimum atomic E-state index is -0.110. The Bertz CT molecular complexity index is 897. The Morgan fingerprint density at radius 3 is 2.32 bits per heavy atom. The van der Waals surface area contributed by atoms with E-state index in [1.807, 2.05) is 0 Å². The van der Waals surface area contributed by atoms with Crippen molar-refractivity contribution in [3.63, 3.8) is 0 Å². The van der Waals surface area contributed by atoms with Gasteiger partial charge in [-0.3, -0.25) is 4.79 Å². The van der Waals surface area contributed by atoms with E-state index in [0.717, 1.165) is 24.2 Å². The van der Waals surface area contributed by atoms with Gasteiger partial charge in [0, 0.05) is 12.3 Å². The molecule has 2 nitrogen and oxygen atoms in total. The van der Waals surface area contributed by atoms with E-state index in [1.165, 1.54) is 63.4 Å². The summed E-state index contributed by atoms with van der Waals surface area (Å²) < 4.78 is 5.91. The molecule has 0 aromatic carbocycles. The molecule has 4 unspecified atom stereocenters. The van der Waals surface area contributed by atoms with Crippen LogP contribution in [0, 0.1) is 51.2 Å². The minimum absolute atomic E-state index is 0.0502. The Balaban J connectivity index is 1.50. The standard InChI is InChI=1S/C32H50O2/c1-20(2)23-11-9-10-22-14-18-31(7)24(28(22)23)12-13-26-30(6)17-16-27(34-21(3)33)29(4,5)25(30)15-19-32(26,31)8/h10,23-28H,1,9,11-19H2,2-8H3/t23-,24?,25?,26?,27-,28?,30-,31+,32+/m0/s1. The number of fused-ring (bicyclic) bond motifs is 7. The molecule has 190 valence electrons. The van der Waals surface area contributed by atoms with Gasteiger partial charge >= 0.3 is 5.97 Å². The predicted octanol–water partition coefficient (Wildman–Crippen LogP) is 8.52. The molecular weight excluding hydrogens is 416 g/mol. The van der Waals surface area contributed by atoms with Crippen LogP contribution in [0.4, 0.5) is 0 Å². The van der Waals surface area contributed by atoms with Crippen molar-refractivity contribution in [3.05, 3.63) is 23.8 Å². The summed E-state index contributed by atoms with van der Waals surface area (Å²) in [5.41, 5.74) is 4.41. The van der Waals surface area contributed by atoms with Crippen molar-refractivity contribution in [3.8, 4) is 0 Å². The highest BCUT2D eigenvalue weighted by Crippen LogP contribution is 2.75. The molecule has 5 aliphatic carbocycles. The van der Waals surface area contributed by atoms with E-state index in [4.69, 9.17) is 4.74 Å². The lowest BCUT2D eigenvalue weighted by atomic mass is 9.33. The third kappa shape index (κ3) is 3.21. The second-order valence-electron chi connectivity index (χ2n) is 14.5. The Labute approximate surface area is 209 Å². The van der Waals surface area contributed by atoms with E-state index < -0.39 is 0 Å². The fourth-order valence-corrected chi connectivity index (χ4v) is 11.2. The lowest BCUT2D eigenvalue weighted by Crippen LogP contribution is -2.66. The van der Waals surface area contributed by atoms with Gasteiger partial charge in [-0.2, -0.15) is 0 Å². The van der Waals surface area contributed by atoms with Gasteiger partial charge in [-0.15, -0.1) is 0 Å². The first-order valence-corrected chi connectivity index (χ1v) is 14.4. The molecule has 0 heterocycles. The summed E-state index contributed by atoms with van der Waals surface area (Å²) in [5, 5.41) is 0. The monoisotopic (exact) mass is 466 g/mol. The zero-order chi connectivity index (χ0) is 24.7. The summed E-state index contributed by atoms with van der Waals surface area (Å²) in [5.74, 6) is 3.53. The number of esters is 1. The van der Waals surface area contributed by atoms with Crippen LogP contribution in [0.5, 0.6) is 0 Å². The number of hydrogen-bond acceptors (Lipinski definition) is 2. The summed E-state index contributed by atoms with van der Waals surface area (Å²) in [6.45, 7) is 21.2. The van der Waals surface area contributed by atoms with E-state index in [0.29, 0.717) is 28.1 Å². The fraction of sp³-hybridized carbons (Fsp3) is 0.844. The molecule has 0 aromatic rings. The minimum Gasteiger partial charge on any atom is -0.462 e. The first kappa shape index (κ1) is 24.6. The average Bonchev–Trinajstić information content (AvgIpc) is 2.75. The lowest BCUT2D eigenvalue weighted by molar-refractivity contribution is -0.238. The van der Waals surface area contributed by atoms with Crippen molar-refractivity contribution in [2.75, 3.05) is 0 Å². The SMILES string of the molecule is C=C(C)[C@@H]1CCC=C2CC[C@]3(C)C(CCC4[C@@]5(C)CC[C@H](OC(C)=O)C(C)(C)C5CC[C@]43C)C21. The second kappa shape index (κ2) is 7.97. The van der Waals surface area contributed by atoms with Crippen molar-refractivity contribution < 1.29 is 9.53 Å². The van der Waals surface area contributed by atoms with Crippen molar-refractivity contribution in [1.82, 2.24) is 0 Å². The Morgan fingerprint density at radius 1 is 0.912 bits per heavy atom. The van der Waals surface area contributed by atoms with Gasteiger partial charge < -0.3 is 4.74 Å². The number of carbonyl (C=O) groups excluding carboxylic acids is 1. The maximum Gasteiger partial charge on any atom is 0.302 e. The second-order valence-corrected chi connectivity index (χ2v) is 14.5. The first-order valence-electron chi connectivity index (χ1n) is 14.4. The van der Waals surface area contributed by atoms with Gasteiger partial charge in [0.1, 0.15) is 6.10 Å². The van der Waals surface area contributed by atoms with Crippen LogP contribution in [0.25, 0.3) is 0 Å². The summed E-state index contributed by atoms with van der Waals surface area (Å²) in [6, 6.07) is 0. The van der Waals surface area contributed by atoms with Gasteiger partial charge in [0.05, 0.1) is 0 Å². The van der Waals surface area contributed by atoms with E-state index in [9.17, 15) is 4.79 Å². The van der Waals surface area contributed by atoms with Crippen LogP contribution in [0.15, 0.2) is 23.8 Å². The Morgan fingerprint density at radius 2 is 1.65 bits per heavy atom. The van der Waals surface area contributed by atoms with E-state index >= 15 is 0 Å². The van der Waals surface area contributed by atoms with Crippen LogP contribution < -0.4 is 0 Å². The number of hydrogen-bond donors (Lipinski definition) is 0. The summed E-state index contributed by atoms with van der Waals surface area (Å²) in [7, 11) is 0. The van der Waals surface area contributed by atoms with Crippen molar-refractivity contribution in [1.29, 1.82) is 0 Å². The molecule has 0 bridgehead atoms. The lowest BCUT2D eigenvalue weighted by Gasteiger charge is -2.72. The van der Waals surface area contributed by atoms with Crippen molar-refractivity contribution in [2.24, 2.45) is 51.2 Å². The number of allylic oxidation sites excluding steroid dienone is 3.